The van der Waals surface area contributed by atoms with E-state index in [1.165, 1.54) is 0 Å². The van der Waals surface area contributed by atoms with E-state index >= 15 is 0 Å². The molecule has 0 aliphatic heterocycles. The molecule has 0 spiro atoms. The largest absolute Gasteiger partial charge is 0.273 e. The minimum Gasteiger partial charge on any atom is -0.273 e. The van der Waals surface area contributed by atoms with Gasteiger partial charge in [-0.2, -0.15) is 0 Å². The molecule has 1 unspecified atom stereocenters. The van der Waals surface area contributed by atoms with Crippen LogP contribution in [0.15, 0.2) is 0 Å². The zero-order valence-electron chi connectivity index (χ0n) is 8.47. The number of nitrogens with zero attached hydrogens (tertiary/aromatic N) is 1. The van der Waals surface area contributed by atoms with Crippen molar-refractivity contribution >= 4 is 5.91 Å². The molecule has 0 heterocycles. The van der Waals surface area contributed by atoms with Crippen LogP contribution in [-0.2, 0) is 4.79 Å². The third-order valence-electron chi connectivity index (χ3n) is 2.02. The van der Waals surface area contributed by atoms with Crippen molar-refractivity contribution in [1.82, 2.24) is 5.32 Å². The number of unbranched alkanes of at least 4 members (excludes halogenated alkanes) is 1. The molecule has 2 nitrogen and oxygen atoms in total. The van der Waals surface area contributed by atoms with E-state index in [1.807, 2.05) is 0 Å². The molecule has 0 aliphatic rings. The van der Waals surface area contributed by atoms with E-state index in [9.17, 15) is 4.79 Å². The summed E-state index contributed by atoms with van der Waals surface area (Å²) in [5.74, 6) is 0.632. The van der Waals surface area contributed by atoms with Crippen LogP contribution in [0.4, 0.5) is 0 Å². The molecule has 0 aromatic carbocycles. The number of hydrogen-bond donors (Lipinski definition) is 0. The van der Waals surface area contributed by atoms with Crippen molar-refractivity contribution in [2.75, 3.05) is 6.54 Å². The van der Waals surface area contributed by atoms with E-state index in [4.69, 9.17) is 0 Å². The van der Waals surface area contributed by atoms with Crippen LogP contribution >= 0.6 is 0 Å². The summed E-state index contributed by atoms with van der Waals surface area (Å²) < 4.78 is 0. The molecule has 71 valence electrons. The number of carbonyl (C=O) groups is 1. The van der Waals surface area contributed by atoms with Crippen LogP contribution in [0.3, 0.4) is 0 Å². The van der Waals surface area contributed by atoms with Gasteiger partial charge in [-0.05, 0) is 12.3 Å². The SMILES string of the molecule is CCCCC(=O)[N]CC(C)CC. The summed E-state index contributed by atoms with van der Waals surface area (Å²) in [5.41, 5.74) is 0. The monoisotopic (exact) mass is 170 g/mol. The van der Waals surface area contributed by atoms with Crippen molar-refractivity contribution < 1.29 is 4.79 Å². The molecule has 1 radical (unpaired) electrons. The summed E-state index contributed by atoms with van der Waals surface area (Å²) in [6.45, 7) is 7.04. The van der Waals surface area contributed by atoms with Crippen LogP contribution in [0.25, 0.3) is 0 Å². The van der Waals surface area contributed by atoms with Crippen LogP contribution in [0.5, 0.6) is 0 Å². The molecule has 0 saturated carbocycles. The number of hydrogen-bond acceptors (Lipinski definition) is 1. The van der Waals surface area contributed by atoms with Gasteiger partial charge in [0.2, 0.25) is 5.91 Å². The highest BCUT2D eigenvalue weighted by atomic mass is 16.1. The summed E-state index contributed by atoms with van der Waals surface area (Å²) >= 11 is 0. The highest BCUT2D eigenvalue weighted by molar-refractivity contribution is 5.75. The van der Waals surface area contributed by atoms with Crippen LogP contribution in [0, 0.1) is 5.92 Å². The van der Waals surface area contributed by atoms with Gasteiger partial charge in [0.1, 0.15) is 0 Å². The zero-order valence-corrected chi connectivity index (χ0v) is 8.47. The molecule has 1 atom stereocenters. The lowest BCUT2D eigenvalue weighted by Gasteiger charge is -2.06. The second-order valence-corrected chi connectivity index (χ2v) is 3.35. The normalized spacial score (nSPS) is 12.6. The first kappa shape index (κ1) is 11.5. The van der Waals surface area contributed by atoms with Gasteiger partial charge in [-0.25, -0.2) is 0 Å². The first-order valence-electron chi connectivity index (χ1n) is 4.91. The minimum absolute atomic E-state index is 0.0807. The van der Waals surface area contributed by atoms with Crippen LogP contribution in [0.1, 0.15) is 46.5 Å². The Bertz CT molecular complexity index is 123. The number of carbonyl (C=O) groups excluding carboxylic acids is 1. The average molecular weight is 170 g/mol. The Morgan fingerprint density at radius 2 is 2.08 bits per heavy atom. The van der Waals surface area contributed by atoms with Crippen LogP contribution < -0.4 is 5.32 Å². The second-order valence-electron chi connectivity index (χ2n) is 3.35. The maximum Gasteiger partial charge on any atom is 0.241 e. The van der Waals surface area contributed by atoms with Gasteiger partial charge in [0.15, 0.2) is 0 Å². The fourth-order valence-electron chi connectivity index (χ4n) is 0.794. The van der Waals surface area contributed by atoms with Crippen molar-refractivity contribution in [1.29, 1.82) is 0 Å². The van der Waals surface area contributed by atoms with Gasteiger partial charge in [-0.1, -0.05) is 33.6 Å². The number of amides is 1. The van der Waals surface area contributed by atoms with Crippen molar-refractivity contribution in [2.24, 2.45) is 5.92 Å². The first-order chi connectivity index (χ1) is 5.70. The topological polar surface area (TPSA) is 31.2 Å². The Balaban J connectivity index is 3.31. The highest BCUT2D eigenvalue weighted by Crippen LogP contribution is 1.99. The van der Waals surface area contributed by atoms with E-state index in [1.54, 1.807) is 0 Å². The van der Waals surface area contributed by atoms with Crippen molar-refractivity contribution in [3.8, 4) is 0 Å². The van der Waals surface area contributed by atoms with Gasteiger partial charge in [0.25, 0.3) is 0 Å². The maximum absolute atomic E-state index is 11.1. The third-order valence-corrected chi connectivity index (χ3v) is 2.02. The molecule has 0 bridgehead atoms. The standard InChI is InChI=1S/C10H20NO/c1-4-6-7-10(12)11-8-9(3)5-2/h9H,4-8H2,1-3H3. The van der Waals surface area contributed by atoms with E-state index in [2.05, 4.69) is 26.1 Å². The Hall–Kier alpha value is -0.530. The first-order valence-corrected chi connectivity index (χ1v) is 4.91. The number of rotatable bonds is 6. The fraction of sp³-hybridized carbons (Fsp3) is 0.900. The minimum atomic E-state index is 0.0807. The van der Waals surface area contributed by atoms with Crippen molar-refractivity contribution in [2.45, 2.75) is 46.5 Å². The van der Waals surface area contributed by atoms with E-state index in [0.717, 1.165) is 19.3 Å². The Morgan fingerprint density at radius 1 is 1.42 bits per heavy atom. The van der Waals surface area contributed by atoms with E-state index in [-0.39, 0.29) is 5.91 Å². The van der Waals surface area contributed by atoms with E-state index < -0.39 is 0 Å². The summed E-state index contributed by atoms with van der Waals surface area (Å²) in [7, 11) is 0. The Morgan fingerprint density at radius 3 is 2.58 bits per heavy atom. The lowest BCUT2D eigenvalue weighted by atomic mass is 10.1. The van der Waals surface area contributed by atoms with Gasteiger partial charge >= 0.3 is 0 Å². The van der Waals surface area contributed by atoms with Crippen molar-refractivity contribution in [3.05, 3.63) is 0 Å². The summed E-state index contributed by atoms with van der Waals surface area (Å²) in [4.78, 5) is 11.1. The molecule has 12 heavy (non-hydrogen) atoms. The average Bonchev–Trinajstić information content (AvgIpc) is 2.10. The van der Waals surface area contributed by atoms with Gasteiger partial charge in [0.05, 0.1) is 0 Å². The third kappa shape index (κ3) is 6.20. The summed E-state index contributed by atoms with van der Waals surface area (Å²) in [5, 5.41) is 3.99. The zero-order chi connectivity index (χ0) is 9.40. The molecule has 1 amide bonds. The lowest BCUT2D eigenvalue weighted by molar-refractivity contribution is -0.121. The molecule has 0 aromatic rings. The fourth-order valence-corrected chi connectivity index (χ4v) is 0.794. The molecule has 0 aliphatic carbocycles. The molecular formula is C10H20NO. The highest BCUT2D eigenvalue weighted by Gasteiger charge is 2.04. The van der Waals surface area contributed by atoms with E-state index in [0.29, 0.717) is 18.9 Å². The van der Waals surface area contributed by atoms with Crippen molar-refractivity contribution in [3.63, 3.8) is 0 Å². The molecule has 0 saturated heterocycles. The lowest BCUT2D eigenvalue weighted by Crippen LogP contribution is -2.20. The Kier molecular flexibility index (Phi) is 6.82. The van der Waals surface area contributed by atoms with Crippen LogP contribution in [-0.4, -0.2) is 12.5 Å². The van der Waals surface area contributed by atoms with Gasteiger partial charge in [-0.15, -0.1) is 0 Å². The quantitative estimate of drug-likeness (QED) is 0.602. The molecule has 0 rings (SSSR count). The Labute approximate surface area is 75.7 Å². The maximum atomic E-state index is 11.1. The summed E-state index contributed by atoms with van der Waals surface area (Å²) in [6.07, 6.45) is 3.78. The van der Waals surface area contributed by atoms with Gasteiger partial charge in [-0.3, -0.25) is 10.1 Å². The summed E-state index contributed by atoms with van der Waals surface area (Å²) in [6, 6.07) is 0. The van der Waals surface area contributed by atoms with Gasteiger partial charge < -0.3 is 0 Å². The molecule has 2 heteroatoms. The van der Waals surface area contributed by atoms with Gasteiger partial charge in [0, 0.05) is 13.0 Å². The smallest absolute Gasteiger partial charge is 0.241 e. The molecule has 0 fully saturated rings. The predicted octanol–water partition coefficient (Wildman–Crippen LogP) is 2.35. The predicted molar refractivity (Wildman–Crippen MR) is 51.0 cm³/mol. The molecule has 0 N–H and O–H groups in total. The molecular weight excluding hydrogens is 150 g/mol. The second kappa shape index (κ2) is 7.14. The van der Waals surface area contributed by atoms with Crippen LogP contribution in [0.2, 0.25) is 0 Å². The molecule has 0 aromatic heterocycles.